The Morgan fingerprint density at radius 1 is 1.03 bits per heavy atom. The van der Waals surface area contributed by atoms with Crippen molar-refractivity contribution in [2.75, 3.05) is 12.8 Å². The van der Waals surface area contributed by atoms with Crippen LogP contribution in [-0.2, 0) is 16.4 Å². The first-order valence-corrected chi connectivity index (χ1v) is 11.8. The molecule has 3 aromatic rings. The van der Waals surface area contributed by atoms with Gasteiger partial charge in [-0.15, -0.1) is 0 Å². The lowest BCUT2D eigenvalue weighted by molar-refractivity contribution is 0.256. The average Bonchev–Trinajstić information content (AvgIpc) is 3.27. The number of benzene rings is 2. The van der Waals surface area contributed by atoms with Gasteiger partial charge in [0.25, 0.3) is 0 Å². The van der Waals surface area contributed by atoms with Crippen molar-refractivity contribution in [3.8, 4) is 22.6 Å². The van der Waals surface area contributed by atoms with Gasteiger partial charge in [-0.3, -0.25) is 4.90 Å². The van der Waals surface area contributed by atoms with Crippen LogP contribution >= 0.6 is 0 Å². The van der Waals surface area contributed by atoms with Gasteiger partial charge in [0.05, 0.1) is 10.6 Å². The second-order valence-corrected chi connectivity index (χ2v) is 9.87. The molecule has 0 unspecified atom stereocenters. The second-order valence-electron chi connectivity index (χ2n) is 7.86. The van der Waals surface area contributed by atoms with Crippen LogP contribution in [0.25, 0.3) is 22.6 Å². The van der Waals surface area contributed by atoms with E-state index in [1.165, 1.54) is 19.1 Å². The Morgan fingerprint density at radius 3 is 2.17 bits per heavy atom. The van der Waals surface area contributed by atoms with Gasteiger partial charge in [-0.25, -0.2) is 13.4 Å². The minimum Gasteiger partial charge on any atom is -0.441 e. The molecule has 0 saturated carbocycles. The van der Waals surface area contributed by atoms with Gasteiger partial charge < -0.3 is 4.42 Å². The molecular formula is C23H26N2O3S. The van der Waals surface area contributed by atoms with E-state index in [-0.39, 0.29) is 0 Å². The molecule has 152 valence electrons. The van der Waals surface area contributed by atoms with Crippen LogP contribution in [0.3, 0.4) is 0 Å². The van der Waals surface area contributed by atoms with Gasteiger partial charge in [0.15, 0.2) is 9.84 Å². The van der Waals surface area contributed by atoms with Crippen LogP contribution in [0.1, 0.15) is 31.2 Å². The molecule has 2 aromatic carbocycles. The zero-order chi connectivity index (χ0) is 20.6. The average molecular weight is 411 g/mol. The van der Waals surface area contributed by atoms with Crippen molar-refractivity contribution in [2.24, 2.45) is 0 Å². The van der Waals surface area contributed by atoms with Gasteiger partial charge in [-0.2, -0.15) is 0 Å². The van der Waals surface area contributed by atoms with Crippen LogP contribution < -0.4 is 0 Å². The molecule has 2 heterocycles. The lowest BCUT2D eigenvalue weighted by atomic mass is 10.0. The number of likely N-dealkylation sites (tertiary alicyclic amines) is 1. The van der Waals surface area contributed by atoms with Crippen molar-refractivity contribution < 1.29 is 12.8 Å². The second kappa shape index (κ2) is 7.76. The number of oxazole rings is 1. The minimum absolute atomic E-state index is 0.327. The van der Waals surface area contributed by atoms with Crippen molar-refractivity contribution in [3.05, 3.63) is 60.0 Å². The van der Waals surface area contributed by atoms with E-state index in [9.17, 15) is 8.42 Å². The van der Waals surface area contributed by atoms with Crippen molar-refractivity contribution in [2.45, 2.75) is 44.2 Å². The third kappa shape index (κ3) is 4.28. The summed E-state index contributed by atoms with van der Waals surface area (Å²) in [6, 6.07) is 15.5. The topological polar surface area (TPSA) is 63.4 Å². The molecule has 5 nitrogen and oxygen atoms in total. The van der Waals surface area contributed by atoms with E-state index in [0.717, 1.165) is 41.2 Å². The number of hydrogen-bond acceptors (Lipinski definition) is 5. The highest BCUT2D eigenvalue weighted by Crippen LogP contribution is 2.28. The Bertz CT molecular complexity index is 1100. The van der Waals surface area contributed by atoms with E-state index in [1.54, 1.807) is 12.1 Å². The summed E-state index contributed by atoms with van der Waals surface area (Å²) in [7, 11) is -3.18. The molecule has 1 saturated heterocycles. The molecule has 6 heteroatoms. The Balaban J connectivity index is 1.53. The summed E-state index contributed by atoms with van der Waals surface area (Å²) in [5.41, 5.74) is 3.93. The minimum atomic E-state index is -3.18. The summed E-state index contributed by atoms with van der Waals surface area (Å²) in [6.07, 6.45) is 3.71. The van der Waals surface area contributed by atoms with Crippen molar-refractivity contribution in [1.29, 1.82) is 0 Å². The van der Waals surface area contributed by atoms with Crippen LogP contribution in [0.5, 0.6) is 0 Å². The van der Waals surface area contributed by atoms with Crippen LogP contribution in [0, 0.1) is 6.92 Å². The van der Waals surface area contributed by atoms with Gasteiger partial charge in [0, 0.05) is 24.4 Å². The first-order valence-electron chi connectivity index (χ1n) is 9.92. The monoisotopic (exact) mass is 410 g/mol. The fourth-order valence-corrected chi connectivity index (χ4v) is 4.45. The SMILES string of the molecule is Cc1oc(-c2ccc(-c3ccc(S(C)(=O)=O)cc3)cc2)nc1CN1CCC[C@H]1C. The van der Waals surface area contributed by atoms with Crippen molar-refractivity contribution in [3.63, 3.8) is 0 Å². The summed E-state index contributed by atoms with van der Waals surface area (Å²) < 4.78 is 29.2. The fourth-order valence-electron chi connectivity index (χ4n) is 3.82. The molecule has 0 spiro atoms. The molecule has 1 aliphatic heterocycles. The van der Waals surface area contributed by atoms with Crippen molar-refractivity contribution in [1.82, 2.24) is 9.88 Å². The number of aryl methyl sites for hydroxylation is 1. The van der Waals surface area contributed by atoms with Crippen LogP contribution in [0.2, 0.25) is 0 Å². The smallest absolute Gasteiger partial charge is 0.226 e. The number of nitrogens with zero attached hydrogens (tertiary/aromatic N) is 2. The summed E-state index contributed by atoms with van der Waals surface area (Å²) in [4.78, 5) is 7.53. The summed E-state index contributed by atoms with van der Waals surface area (Å²) in [6.45, 7) is 6.20. The van der Waals surface area contributed by atoms with E-state index in [2.05, 4.69) is 11.8 Å². The first-order chi connectivity index (χ1) is 13.8. The highest BCUT2D eigenvalue weighted by atomic mass is 32.2. The first kappa shape index (κ1) is 19.9. The zero-order valence-corrected chi connectivity index (χ0v) is 17.9. The molecule has 0 amide bonds. The van der Waals surface area contributed by atoms with E-state index < -0.39 is 9.84 Å². The maximum atomic E-state index is 11.6. The fraction of sp³-hybridized carbons (Fsp3) is 0.348. The molecule has 1 atom stereocenters. The number of rotatable bonds is 5. The predicted octanol–water partition coefficient (Wildman–Crippen LogP) is 4.70. The van der Waals surface area contributed by atoms with E-state index in [4.69, 9.17) is 9.40 Å². The molecule has 1 fully saturated rings. The van der Waals surface area contributed by atoms with E-state index in [0.29, 0.717) is 16.8 Å². The Labute approximate surface area is 172 Å². The van der Waals surface area contributed by atoms with Gasteiger partial charge in [-0.05, 0) is 68.6 Å². The van der Waals surface area contributed by atoms with Crippen molar-refractivity contribution >= 4 is 9.84 Å². The lowest BCUT2D eigenvalue weighted by Crippen LogP contribution is -2.26. The number of sulfone groups is 1. The molecule has 4 rings (SSSR count). The van der Waals surface area contributed by atoms with Gasteiger partial charge in [0.1, 0.15) is 5.76 Å². The third-order valence-corrected chi connectivity index (χ3v) is 6.81. The maximum absolute atomic E-state index is 11.6. The lowest BCUT2D eigenvalue weighted by Gasteiger charge is -2.19. The van der Waals surface area contributed by atoms with Gasteiger partial charge >= 0.3 is 0 Å². The molecule has 1 aliphatic rings. The molecule has 0 N–H and O–H groups in total. The maximum Gasteiger partial charge on any atom is 0.226 e. The predicted molar refractivity (Wildman–Crippen MR) is 114 cm³/mol. The molecule has 0 radical (unpaired) electrons. The molecule has 0 bridgehead atoms. The Morgan fingerprint density at radius 2 is 1.62 bits per heavy atom. The Kier molecular flexibility index (Phi) is 5.32. The summed E-state index contributed by atoms with van der Waals surface area (Å²) >= 11 is 0. The highest BCUT2D eigenvalue weighted by Gasteiger charge is 2.23. The van der Waals surface area contributed by atoms with E-state index >= 15 is 0 Å². The van der Waals surface area contributed by atoms with Gasteiger partial charge in [0.2, 0.25) is 5.89 Å². The molecular weight excluding hydrogens is 384 g/mol. The quantitative estimate of drug-likeness (QED) is 0.610. The van der Waals surface area contributed by atoms with Gasteiger partial charge in [-0.1, -0.05) is 24.3 Å². The summed E-state index contributed by atoms with van der Waals surface area (Å²) in [5, 5.41) is 0. The largest absolute Gasteiger partial charge is 0.441 e. The highest BCUT2D eigenvalue weighted by molar-refractivity contribution is 7.90. The molecule has 1 aromatic heterocycles. The normalized spacial score (nSPS) is 17.7. The van der Waals surface area contributed by atoms with Crippen LogP contribution in [0.4, 0.5) is 0 Å². The Hall–Kier alpha value is -2.44. The van der Waals surface area contributed by atoms with Crippen LogP contribution in [-0.4, -0.2) is 37.1 Å². The number of hydrogen-bond donors (Lipinski definition) is 0. The van der Waals surface area contributed by atoms with Crippen LogP contribution in [0.15, 0.2) is 57.8 Å². The van der Waals surface area contributed by atoms with E-state index in [1.807, 2.05) is 43.3 Å². The molecule has 29 heavy (non-hydrogen) atoms. The standard InChI is InChI=1S/C23H26N2O3S/c1-16-5-4-14-25(16)15-22-17(2)28-23(24-22)20-8-6-18(7-9-20)19-10-12-21(13-11-19)29(3,26)27/h6-13,16H,4-5,14-15H2,1-3H3/t16-/m1/s1. The molecule has 0 aliphatic carbocycles. The third-order valence-electron chi connectivity index (χ3n) is 5.68. The zero-order valence-electron chi connectivity index (χ0n) is 17.1. The summed E-state index contributed by atoms with van der Waals surface area (Å²) in [5.74, 6) is 1.52. The number of aromatic nitrogens is 1.